The molecule has 3 nitrogen and oxygen atoms in total. The largest absolute Gasteiger partial charge is 0.243 e. The van der Waals surface area contributed by atoms with Crippen LogP contribution in [-0.2, 0) is 10.0 Å². The molecular weight excluding hydrogens is 320 g/mol. The maximum absolute atomic E-state index is 13.0. The molecule has 1 aromatic rings. The van der Waals surface area contributed by atoms with Crippen molar-refractivity contribution in [1.29, 1.82) is 0 Å². The number of alkyl halides is 2. The molecule has 0 N–H and O–H groups in total. The lowest BCUT2D eigenvalue weighted by atomic mass is 9.83. The van der Waals surface area contributed by atoms with Crippen LogP contribution in [0.2, 0.25) is 0 Å². The molecule has 1 aliphatic heterocycles. The van der Waals surface area contributed by atoms with Crippen molar-refractivity contribution in [3.05, 3.63) is 29.8 Å². The van der Waals surface area contributed by atoms with E-state index in [1.54, 1.807) is 24.3 Å². The molecule has 128 valence electrons. The van der Waals surface area contributed by atoms with E-state index in [9.17, 15) is 17.2 Å². The second-order valence-electron chi connectivity index (χ2n) is 7.06. The number of hydrogen-bond acceptors (Lipinski definition) is 2. The van der Waals surface area contributed by atoms with E-state index in [4.69, 9.17) is 0 Å². The van der Waals surface area contributed by atoms with Gasteiger partial charge in [-0.1, -0.05) is 30.5 Å². The van der Waals surface area contributed by atoms with Gasteiger partial charge in [0.1, 0.15) is 0 Å². The van der Waals surface area contributed by atoms with Crippen molar-refractivity contribution >= 4 is 10.0 Å². The zero-order valence-corrected chi connectivity index (χ0v) is 14.2. The maximum Gasteiger partial charge on any atom is 0.243 e. The van der Waals surface area contributed by atoms with Gasteiger partial charge < -0.3 is 0 Å². The molecular formula is C17H23F2NO2S. The Balaban J connectivity index is 1.92. The van der Waals surface area contributed by atoms with Crippen LogP contribution >= 0.6 is 0 Å². The lowest BCUT2D eigenvalue weighted by molar-refractivity contribution is 0.113. The summed E-state index contributed by atoms with van der Waals surface area (Å²) < 4.78 is 53.2. The van der Waals surface area contributed by atoms with Crippen molar-refractivity contribution in [3.8, 4) is 0 Å². The molecule has 1 heterocycles. The van der Waals surface area contributed by atoms with E-state index in [-0.39, 0.29) is 16.7 Å². The van der Waals surface area contributed by atoms with Crippen LogP contribution in [0.3, 0.4) is 0 Å². The molecule has 1 aliphatic carbocycles. The first kappa shape index (κ1) is 16.8. The molecule has 1 aromatic carbocycles. The highest BCUT2D eigenvalue weighted by molar-refractivity contribution is 7.89. The fourth-order valence-corrected chi connectivity index (χ4v) is 5.89. The van der Waals surface area contributed by atoms with Gasteiger partial charge in [0.2, 0.25) is 16.4 Å². The van der Waals surface area contributed by atoms with E-state index in [0.29, 0.717) is 13.0 Å². The fourth-order valence-electron chi connectivity index (χ4n) is 4.15. The van der Waals surface area contributed by atoms with Crippen LogP contribution in [0.15, 0.2) is 29.2 Å². The zero-order valence-electron chi connectivity index (χ0n) is 13.3. The average molecular weight is 343 g/mol. The fraction of sp³-hybridized carbons (Fsp3) is 0.647. The van der Waals surface area contributed by atoms with Gasteiger partial charge in [-0.05, 0) is 43.7 Å². The zero-order chi connectivity index (χ0) is 16.7. The molecule has 0 aromatic heterocycles. The number of hydrogen-bond donors (Lipinski definition) is 0. The number of nitrogens with zero attached hydrogens (tertiary/aromatic N) is 1. The molecule has 3 rings (SSSR count). The Hall–Kier alpha value is -1.01. The van der Waals surface area contributed by atoms with Gasteiger partial charge in [-0.3, -0.25) is 0 Å². The number of halogens is 2. The van der Waals surface area contributed by atoms with Gasteiger partial charge in [0.15, 0.2) is 0 Å². The molecule has 1 saturated heterocycles. The van der Waals surface area contributed by atoms with Gasteiger partial charge in [-0.15, -0.1) is 0 Å². The Kier molecular flexibility index (Phi) is 4.49. The Morgan fingerprint density at radius 1 is 1.22 bits per heavy atom. The van der Waals surface area contributed by atoms with Crippen molar-refractivity contribution in [2.24, 2.45) is 5.41 Å². The van der Waals surface area contributed by atoms with E-state index in [1.165, 1.54) is 4.31 Å². The monoisotopic (exact) mass is 343 g/mol. The Bertz CT molecular complexity index is 652. The average Bonchev–Trinajstić information content (AvgIpc) is 3.07. The third-order valence-corrected chi connectivity index (χ3v) is 7.22. The molecule has 0 bridgehead atoms. The second kappa shape index (κ2) is 6.13. The van der Waals surface area contributed by atoms with Crippen molar-refractivity contribution < 1.29 is 17.2 Å². The summed E-state index contributed by atoms with van der Waals surface area (Å²) >= 11 is 0. The first-order valence-corrected chi connectivity index (χ1v) is 9.63. The smallest absolute Gasteiger partial charge is 0.210 e. The topological polar surface area (TPSA) is 37.4 Å². The summed E-state index contributed by atoms with van der Waals surface area (Å²) in [5.74, 6) is 0. The minimum Gasteiger partial charge on any atom is -0.210 e. The van der Waals surface area contributed by atoms with E-state index in [0.717, 1.165) is 31.2 Å². The van der Waals surface area contributed by atoms with Gasteiger partial charge >= 0.3 is 0 Å². The number of sulfonamides is 1. The Labute approximate surface area is 136 Å². The van der Waals surface area contributed by atoms with Crippen LogP contribution < -0.4 is 0 Å². The Morgan fingerprint density at radius 2 is 1.83 bits per heavy atom. The van der Waals surface area contributed by atoms with E-state index >= 15 is 0 Å². The number of benzene rings is 1. The van der Waals surface area contributed by atoms with Gasteiger partial charge in [0, 0.05) is 19.0 Å². The standard InChI is InChI=1S/C17H23F2NO2S/c1-13-4-6-15(7-5-13)23(21,22)20-12-17(8-2-3-9-17)11-14(20)10-16(18)19/h4-7,14,16H,2-3,8-12H2,1H3. The predicted octanol–water partition coefficient (Wildman–Crippen LogP) is 3.97. The molecule has 6 heteroatoms. The van der Waals surface area contributed by atoms with Crippen LogP contribution in [-0.4, -0.2) is 31.7 Å². The normalized spacial score (nSPS) is 24.8. The molecule has 1 saturated carbocycles. The maximum atomic E-state index is 13.0. The number of rotatable bonds is 4. The minimum absolute atomic E-state index is 0.0860. The highest BCUT2D eigenvalue weighted by atomic mass is 32.2. The van der Waals surface area contributed by atoms with Crippen LogP contribution in [0.1, 0.15) is 44.1 Å². The van der Waals surface area contributed by atoms with Crippen molar-refractivity contribution in [1.82, 2.24) is 4.31 Å². The molecule has 2 aliphatic rings. The van der Waals surface area contributed by atoms with E-state index in [1.807, 2.05) is 6.92 Å². The third kappa shape index (κ3) is 3.29. The lowest BCUT2D eigenvalue weighted by Gasteiger charge is -2.24. The third-order valence-electron chi connectivity index (χ3n) is 5.31. The van der Waals surface area contributed by atoms with E-state index < -0.39 is 22.5 Å². The Morgan fingerprint density at radius 3 is 2.39 bits per heavy atom. The molecule has 0 radical (unpaired) electrons. The summed E-state index contributed by atoms with van der Waals surface area (Å²) in [4.78, 5) is 0.206. The van der Waals surface area contributed by atoms with Gasteiger partial charge in [-0.25, -0.2) is 17.2 Å². The summed E-state index contributed by atoms with van der Waals surface area (Å²) in [6, 6.07) is 6.06. The minimum atomic E-state index is -3.71. The van der Waals surface area contributed by atoms with E-state index in [2.05, 4.69) is 0 Å². The second-order valence-corrected chi connectivity index (χ2v) is 8.95. The van der Waals surface area contributed by atoms with Crippen LogP contribution in [0.5, 0.6) is 0 Å². The van der Waals surface area contributed by atoms with Crippen molar-refractivity contribution in [2.75, 3.05) is 6.54 Å². The molecule has 2 fully saturated rings. The first-order chi connectivity index (χ1) is 10.8. The summed E-state index contributed by atoms with van der Waals surface area (Å²) in [6.45, 7) is 2.28. The summed E-state index contributed by atoms with van der Waals surface area (Å²) in [6.07, 6.45) is 1.76. The first-order valence-electron chi connectivity index (χ1n) is 8.19. The van der Waals surface area contributed by atoms with Gasteiger partial charge in [-0.2, -0.15) is 4.31 Å². The van der Waals surface area contributed by atoms with Crippen molar-refractivity contribution in [2.45, 2.75) is 62.8 Å². The quantitative estimate of drug-likeness (QED) is 0.829. The molecule has 1 atom stereocenters. The molecule has 23 heavy (non-hydrogen) atoms. The summed E-state index contributed by atoms with van der Waals surface area (Å²) in [7, 11) is -3.71. The SMILES string of the molecule is Cc1ccc(S(=O)(=O)N2CC3(CCCC3)CC2CC(F)F)cc1. The highest BCUT2D eigenvalue weighted by Crippen LogP contribution is 2.50. The molecule has 1 unspecified atom stereocenters. The van der Waals surface area contributed by atoms with Gasteiger partial charge in [0.05, 0.1) is 4.90 Å². The van der Waals surface area contributed by atoms with Crippen molar-refractivity contribution in [3.63, 3.8) is 0 Å². The molecule has 0 amide bonds. The molecule has 1 spiro atoms. The summed E-state index contributed by atoms with van der Waals surface area (Å²) in [5.41, 5.74) is 0.888. The van der Waals surface area contributed by atoms with Crippen LogP contribution in [0, 0.1) is 12.3 Å². The number of aryl methyl sites for hydroxylation is 1. The predicted molar refractivity (Wildman–Crippen MR) is 85.0 cm³/mol. The highest BCUT2D eigenvalue weighted by Gasteiger charge is 2.50. The van der Waals surface area contributed by atoms with Gasteiger partial charge in [0.25, 0.3) is 0 Å². The van der Waals surface area contributed by atoms with Crippen LogP contribution in [0.25, 0.3) is 0 Å². The lowest BCUT2D eigenvalue weighted by Crippen LogP contribution is -2.37. The summed E-state index contributed by atoms with van der Waals surface area (Å²) in [5, 5.41) is 0. The van der Waals surface area contributed by atoms with Crippen LogP contribution in [0.4, 0.5) is 8.78 Å².